The second kappa shape index (κ2) is 4.36. The molecule has 0 N–H and O–H groups in total. The predicted molar refractivity (Wildman–Crippen MR) is 79.1 cm³/mol. The third-order valence-electron chi connectivity index (χ3n) is 6.59. The minimum Gasteiger partial charge on any atom is -0.0594 e. The Labute approximate surface area is 117 Å². The van der Waals surface area contributed by atoms with Crippen LogP contribution >= 0.6 is 0 Å². The summed E-state index contributed by atoms with van der Waals surface area (Å²) in [4.78, 5) is 0. The van der Waals surface area contributed by atoms with Crippen LogP contribution in [0.1, 0.15) is 68.9 Å². The predicted octanol–water partition coefficient (Wildman–Crippen LogP) is 5.12. The molecule has 0 aliphatic heterocycles. The molecule has 0 unspecified atom stereocenters. The highest BCUT2D eigenvalue weighted by molar-refractivity contribution is 5.32. The van der Waals surface area contributed by atoms with Crippen molar-refractivity contribution in [1.82, 2.24) is 0 Å². The summed E-state index contributed by atoms with van der Waals surface area (Å²) < 4.78 is 0. The van der Waals surface area contributed by atoms with Crippen molar-refractivity contribution in [2.24, 2.45) is 17.3 Å². The van der Waals surface area contributed by atoms with Gasteiger partial charge in [-0.1, -0.05) is 31.5 Å². The van der Waals surface area contributed by atoms with Crippen molar-refractivity contribution < 1.29 is 0 Å². The molecule has 4 atom stereocenters. The van der Waals surface area contributed by atoms with Crippen molar-refractivity contribution in [3.05, 3.63) is 35.4 Å². The molecule has 3 aliphatic carbocycles. The molecule has 1 aromatic carbocycles. The summed E-state index contributed by atoms with van der Waals surface area (Å²) in [6, 6.07) is 10.1. The molecule has 4 rings (SSSR count). The molecule has 3 aliphatic rings. The molecular weight excluding hydrogens is 228 g/mol. The van der Waals surface area contributed by atoms with E-state index in [1.165, 1.54) is 51.4 Å². The van der Waals surface area contributed by atoms with Crippen LogP contribution in [0.4, 0.5) is 0 Å². The maximum atomic E-state index is 3.30. The Morgan fingerprint density at radius 3 is 3.11 bits per heavy atom. The largest absolute Gasteiger partial charge is 0.0594 e. The van der Waals surface area contributed by atoms with Gasteiger partial charge in [0.25, 0.3) is 0 Å². The highest BCUT2D eigenvalue weighted by atomic mass is 14.5. The Bertz CT molecular complexity index is 475. The van der Waals surface area contributed by atoms with Gasteiger partial charge < -0.3 is 0 Å². The van der Waals surface area contributed by atoms with E-state index in [2.05, 4.69) is 31.2 Å². The fraction of sp³-hybridized carbons (Fsp3) is 0.684. The van der Waals surface area contributed by atoms with Gasteiger partial charge in [0.15, 0.2) is 0 Å². The second-order valence-electron chi connectivity index (χ2n) is 7.55. The maximum absolute atomic E-state index is 3.30. The summed E-state index contributed by atoms with van der Waals surface area (Å²) in [6.45, 7) is 2.60. The molecule has 1 radical (unpaired) electrons. The van der Waals surface area contributed by atoms with Crippen molar-refractivity contribution in [3.63, 3.8) is 0 Å². The summed E-state index contributed by atoms with van der Waals surface area (Å²) in [7, 11) is 0. The van der Waals surface area contributed by atoms with Crippen LogP contribution in [-0.2, 0) is 6.42 Å². The first-order valence-corrected chi connectivity index (χ1v) is 8.25. The van der Waals surface area contributed by atoms with E-state index in [1.54, 1.807) is 11.1 Å². The van der Waals surface area contributed by atoms with E-state index in [4.69, 9.17) is 0 Å². The molecular formula is C19H25. The van der Waals surface area contributed by atoms with Gasteiger partial charge in [0, 0.05) is 0 Å². The molecule has 0 nitrogen and oxygen atoms in total. The van der Waals surface area contributed by atoms with E-state index in [9.17, 15) is 0 Å². The summed E-state index contributed by atoms with van der Waals surface area (Å²) in [6.07, 6.45) is 11.6. The van der Waals surface area contributed by atoms with E-state index in [1.807, 2.05) is 0 Å². The zero-order valence-electron chi connectivity index (χ0n) is 12.1. The number of rotatable bonds is 0. The average Bonchev–Trinajstić information content (AvgIpc) is 2.65. The standard InChI is InChI=1S/C19H25/c1-19-11-4-7-18(19)16-9-8-14-5-2-3-6-17(14)15(13-16)10-12-19/h3,5-6,15-16,18H,4,7-13H2,1H3/t15-,16+,18-,19-/m0/s1. The van der Waals surface area contributed by atoms with Crippen LogP contribution in [0.5, 0.6) is 0 Å². The average molecular weight is 253 g/mol. The summed E-state index contributed by atoms with van der Waals surface area (Å²) in [5.74, 6) is 2.86. The Kier molecular flexibility index (Phi) is 2.76. The van der Waals surface area contributed by atoms with Crippen molar-refractivity contribution in [1.29, 1.82) is 0 Å². The monoisotopic (exact) mass is 253 g/mol. The Hall–Kier alpha value is -0.780. The molecule has 0 heteroatoms. The van der Waals surface area contributed by atoms with Crippen LogP contribution in [0.15, 0.2) is 18.2 Å². The molecule has 2 fully saturated rings. The van der Waals surface area contributed by atoms with E-state index in [-0.39, 0.29) is 0 Å². The first-order valence-electron chi connectivity index (χ1n) is 8.25. The lowest BCUT2D eigenvalue weighted by atomic mass is 9.70. The van der Waals surface area contributed by atoms with Crippen LogP contribution in [0.25, 0.3) is 0 Å². The molecule has 1 aromatic rings. The lowest BCUT2D eigenvalue weighted by molar-refractivity contribution is 0.152. The molecule has 0 saturated heterocycles. The fourth-order valence-electron chi connectivity index (χ4n) is 5.56. The molecule has 0 spiro atoms. The van der Waals surface area contributed by atoms with Crippen LogP contribution in [0.3, 0.4) is 0 Å². The summed E-state index contributed by atoms with van der Waals surface area (Å²) >= 11 is 0. The van der Waals surface area contributed by atoms with Crippen molar-refractivity contribution in [2.45, 2.75) is 64.2 Å². The molecule has 19 heavy (non-hydrogen) atoms. The maximum Gasteiger partial charge on any atom is -0.0156 e. The second-order valence-corrected chi connectivity index (χ2v) is 7.55. The van der Waals surface area contributed by atoms with Gasteiger partial charge in [0.2, 0.25) is 0 Å². The van der Waals surface area contributed by atoms with E-state index in [0.717, 1.165) is 17.8 Å². The van der Waals surface area contributed by atoms with Gasteiger partial charge in [0.1, 0.15) is 0 Å². The third-order valence-corrected chi connectivity index (χ3v) is 6.59. The van der Waals surface area contributed by atoms with Gasteiger partial charge in [-0.05, 0) is 85.3 Å². The van der Waals surface area contributed by atoms with Crippen molar-refractivity contribution in [3.8, 4) is 0 Å². The number of aryl methyl sites for hydroxylation is 1. The summed E-state index contributed by atoms with van der Waals surface area (Å²) in [5.41, 5.74) is 3.96. The Balaban J connectivity index is 1.72. The van der Waals surface area contributed by atoms with E-state index >= 15 is 0 Å². The van der Waals surface area contributed by atoms with Gasteiger partial charge in [-0.15, -0.1) is 0 Å². The van der Waals surface area contributed by atoms with Gasteiger partial charge in [-0.2, -0.15) is 0 Å². The first kappa shape index (κ1) is 12.0. The normalized spacial score (nSPS) is 41.0. The van der Waals surface area contributed by atoms with Crippen molar-refractivity contribution >= 4 is 0 Å². The topological polar surface area (TPSA) is 0 Å². The molecule has 0 heterocycles. The summed E-state index contributed by atoms with van der Waals surface area (Å²) in [5, 5.41) is 0. The molecule has 2 bridgehead atoms. The van der Waals surface area contributed by atoms with Crippen LogP contribution in [0, 0.1) is 23.3 Å². The Morgan fingerprint density at radius 1 is 1.21 bits per heavy atom. The lowest BCUT2D eigenvalue weighted by Gasteiger charge is -2.34. The lowest BCUT2D eigenvalue weighted by Crippen LogP contribution is -2.26. The molecule has 101 valence electrons. The highest BCUT2D eigenvalue weighted by Crippen LogP contribution is 2.57. The smallest absolute Gasteiger partial charge is 0.0156 e. The third kappa shape index (κ3) is 1.87. The minimum absolute atomic E-state index is 0.678. The van der Waals surface area contributed by atoms with Gasteiger partial charge in [-0.3, -0.25) is 0 Å². The van der Waals surface area contributed by atoms with Crippen molar-refractivity contribution in [2.75, 3.05) is 0 Å². The van der Waals surface area contributed by atoms with Crippen LogP contribution < -0.4 is 0 Å². The highest BCUT2D eigenvalue weighted by Gasteiger charge is 2.46. The molecule has 0 aromatic heterocycles. The zero-order valence-corrected chi connectivity index (χ0v) is 12.1. The van der Waals surface area contributed by atoms with Crippen LogP contribution in [-0.4, -0.2) is 0 Å². The number of benzene rings is 1. The number of hydrogen-bond acceptors (Lipinski definition) is 0. The number of hydrogen-bond donors (Lipinski definition) is 0. The SMILES string of the molecule is C[C@@]12CCC[C@H]1[C@@H]1CCc3c[c]ccc3[C@@H](CC2)C1. The fourth-order valence-corrected chi connectivity index (χ4v) is 5.56. The van der Waals surface area contributed by atoms with E-state index in [0.29, 0.717) is 5.41 Å². The first-order chi connectivity index (χ1) is 9.26. The minimum atomic E-state index is 0.678. The zero-order chi connectivity index (χ0) is 12.9. The van der Waals surface area contributed by atoms with Gasteiger partial charge in [-0.25, -0.2) is 0 Å². The van der Waals surface area contributed by atoms with E-state index < -0.39 is 0 Å². The Morgan fingerprint density at radius 2 is 2.16 bits per heavy atom. The quantitative estimate of drug-likeness (QED) is 0.602. The van der Waals surface area contributed by atoms with Gasteiger partial charge in [0.05, 0.1) is 0 Å². The molecule has 0 amide bonds. The van der Waals surface area contributed by atoms with Gasteiger partial charge >= 0.3 is 0 Å². The van der Waals surface area contributed by atoms with Crippen LogP contribution in [0.2, 0.25) is 0 Å². The molecule has 2 saturated carbocycles. The number of fused-ring (bicyclic) bond motifs is 6.